The summed E-state index contributed by atoms with van der Waals surface area (Å²) in [5.74, 6) is 1.50. The Morgan fingerprint density at radius 3 is 3.33 bits per heavy atom. The molecule has 6 nitrogen and oxygen atoms in total. The average Bonchev–Trinajstić information content (AvgIpc) is 2.77. The molecule has 96 valence electrons. The molecule has 2 rings (SSSR count). The third-order valence-corrected chi connectivity index (χ3v) is 3.60. The van der Waals surface area contributed by atoms with E-state index in [1.54, 1.807) is 23.9 Å². The highest BCUT2D eigenvalue weighted by atomic mass is 32.2. The van der Waals surface area contributed by atoms with Gasteiger partial charge in [-0.3, -0.25) is 4.31 Å². The zero-order valence-corrected chi connectivity index (χ0v) is 11.3. The highest BCUT2D eigenvalue weighted by Crippen LogP contribution is 2.23. The maximum Gasteiger partial charge on any atom is 0.355 e. The number of carbonyl (C=O) groups excluding carboxylic acids is 1. The molecule has 0 bridgehead atoms. The second kappa shape index (κ2) is 5.49. The van der Waals surface area contributed by atoms with Gasteiger partial charge in [0, 0.05) is 18.4 Å². The van der Waals surface area contributed by atoms with E-state index in [0.29, 0.717) is 17.9 Å². The fourth-order valence-electron chi connectivity index (χ4n) is 1.49. The first kappa shape index (κ1) is 13.0. The molecule has 0 fully saturated rings. The Bertz CT molecular complexity index is 554. The number of rotatable bonds is 2. The van der Waals surface area contributed by atoms with Crippen LogP contribution in [0.4, 0.5) is 10.6 Å². The normalized spacial score (nSPS) is 14.4. The van der Waals surface area contributed by atoms with Crippen molar-refractivity contribution < 1.29 is 4.79 Å². The van der Waals surface area contributed by atoms with Gasteiger partial charge in [0.2, 0.25) is 0 Å². The van der Waals surface area contributed by atoms with E-state index in [1.807, 2.05) is 4.57 Å². The summed E-state index contributed by atoms with van der Waals surface area (Å²) in [5, 5.41) is 0.788. The van der Waals surface area contributed by atoms with Crippen LogP contribution in [0.15, 0.2) is 28.9 Å². The fourth-order valence-corrected chi connectivity index (χ4v) is 2.62. The smallest absolute Gasteiger partial charge is 0.355 e. The number of hydrogen-bond donors (Lipinski definition) is 2. The van der Waals surface area contributed by atoms with Crippen LogP contribution >= 0.6 is 24.6 Å². The molecule has 0 saturated heterocycles. The van der Waals surface area contributed by atoms with Crippen molar-refractivity contribution in [3.63, 3.8) is 0 Å². The van der Waals surface area contributed by atoms with Crippen molar-refractivity contribution in [3.8, 4) is 0 Å². The molecule has 1 aliphatic heterocycles. The Morgan fingerprint density at radius 2 is 2.61 bits per heavy atom. The lowest BCUT2D eigenvalue weighted by Crippen LogP contribution is -2.23. The molecule has 0 saturated carbocycles. The van der Waals surface area contributed by atoms with E-state index >= 15 is 0 Å². The molecular formula is C10H13N5OS2. The first-order chi connectivity index (χ1) is 8.61. The lowest BCUT2D eigenvalue weighted by atomic mass is 10.5. The molecule has 0 unspecified atom stereocenters. The third kappa shape index (κ3) is 2.70. The quantitative estimate of drug-likeness (QED) is 0.481. The Morgan fingerprint density at radius 1 is 1.83 bits per heavy atom. The molecule has 0 radical (unpaired) electrons. The number of thioether (sulfide) groups is 1. The van der Waals surface area contributed by atoms with Crippen molar-refractivity contribution in [1.29, 1.82) is 0 Å². The van der Waals surface area contributed by atoms with E-state index in [9.17, 15) is 4.79 Å². The standard InChI is InChI=1S/C10H13N5OS2/c1-2-3-15(17)9(16)12-8-6-7(11)14-4-5-18-10(14)13-8/h2,6,17H,1,3-5,11H2. The van der Waals surface area contributed by atoms with Crippen LogP contribution in [0.2, 0.25) is 0 Å². The summed E-state index contributed by atoms with van der Waals surface area (Å²) in [5.41, 5.74) is 6.18. The third-order valence-electron chi connectivity index (χ3n) is 2.31. The number of nitrogens with zero attached hydrogens (tertiary/aromatic N) is 4. The van der Waals surface area contributed by atoms with Crippen LogP contribution in [0, 0.1) is 0 Å². The Kier molecular flexibility index (Phi) is 3.97. The molecular weight excluding hydrogens is 270 g/mol. The number of aromatic nitrogens is 2. The van der Waals surface area contributed by atoms with E-state index in [0.717, 1.165) is 21.8 Å². The van der Waals surface area contributed by atoms with Gasteiger partial charge in [0.1, 0.15) is 5.82 Å². The molecule has 8 heteroatoms. The van der Waals surface area contributed by atoms with Crippen LogP contribution in [-0.2, 0) is 6.54 Å². The fraction of sp³-hybridized carbons (Fsp3) is 0.300. The van der Waals surface area contributed by atoms with Gasteiger partial charge in [-0.25, -0.2) is 9.78 Å². The van der Waals surface area contributed by atoms with Gasteiger partial charge in [-0.15, -0.1) is 6.58 Å². The van der Waals surface area contributed by atoms with Crippen molar-refractivity contribution in [1.82, 2.24) is 13.9 Å². The minimum atomic E-state index is -0.488. The number of hydrogen-bond acceptors (Lipinski definition) is 5. The van der Waals surface area contributed by atoms with Crippen LogP contribution in [0.3, 0.4) is 0 Å². The van der Waals surface area contributed by atoms with Crippen LogP contribution in [-0.4, -0.2) is 32.2 Å². The summed E-state index contributed by atoms with van der Waals surface area (Å²) in [6.07, 6.45) is 1.57. The molecule has 0 spiro atoms. The number of carbonyl (C=O) groups is 1. The van der Waals surface area contributed by atoms with Gasteiger partial charge < -0.3 is 10.3 Å². The summed E-state index contributed by atoms with van der Waals surface area (Å²) in [6.45, 7) is 4.68. The monoisotopic (exact) mass is 283 g/mol. The van der Waals surface area contributed by atoms with Gasteiger partial charge in [-0.1, -0.05) is 30.7 Å². The second-order valence-corrected chi connectivity index (χ2v) is 5.13. The SMILES string of the molecule is C=CCN(S)C(=O)N=c1cc(N)n2c(n1)SCC2. The zero-order chi connectivity index (χ0) is 13.1. The Balaban J connectivity index is 2.31. The van der Waals surface area contributed by atoms with Gasteiger partial charge in [0.05, 0.1) is 6.54 Å². The average molecular weight is 283 g/mol. The van der Waals surface area contributed by atoms with Crippen molar-refractivity contribution in [3.05, 3.63) is 24.2 Å². The molecule has 1 aliphatic rings. The Labute approximate surface area is 114 Å². The topological polar surface area (TPSA) is 76.5 Å². The van der Waals surface area contributed by atoms with E-state index in [2.05, 4.69) is 29.4 Å². The highest BCUT2D eigenvalue weighted by Gasteiger charge is 2.14. The summed E-state index contributed by atoms with van der Waals surface area (Å²) in [6, 6.07) is 1.10. The van der Waals surface area contributed by atoms with Gasteiger partial charge in [0.25, 0.3) is 0 Å². The minimum Gasteiger partial charge on any atom is -0.385 e. The minimum absolute atomic E-state index is 0.307. The lowest BCUT2D eigenvalue weighted by Gasteiger charge is -2.09. The lowest BCUT2D eigenvalue weighted by molar-refractivity contribution is 0.237. The van der Waals surface area contributed by atoms with Crippen LogP contribution in [0.25, 0.3) is 0 Å². The van der Waals surface area contributed by atoms with Crippen molar-refractivity contribution in [2.75, 3.05) is 18.0 Å². The Hall–Kier alpha value is -1.41. The number of anilines is 1. The van der Waals surface area contributed by atoms with Crippen LogP contribution in [0.1, 0.15) is 0 Å². The molecule has 18 heavy (non-hydrogen) atoms. The molecule has 0 aliphatic carbocycles. The number of amides is 2. The maximum absolute atomic E-state index is 11.7. The van der Waals surface area contributed by atoms with Crippen LogP contribution < -0.4 is 11.2 Å². The van der Waals surface area contributed by atoms with E-state index in [1.165, 1.54) is 0 Å². The van der Waals surface area contributed by atoms with Gasteiger partial charge in [-0.2, -0.15) is 4.99 Å². The van der Waals surface area contributed by atoms with E-state index in [-0.39, 0.29) is 0 Å². The first-order valence-electron chi connectivity index (χ1n) is 5.28. The number of nitrogens with two attached hydrogens (primary N) is 1. The van der Waals surface area contributed by atoms with Crippen molar-refractivity contribution >= 4 is 36.4 Å². The highest BCUT2D eigenvalue weighted by molar-refractivity contribution is 7.99. The van der Waals surface area contributed by atoms with Crippen molar-refractivity contribution in [2.24, 2.45) is 4.99 Å². The summed E-state index contributed by atoms with van der Waals surface area (Å²) in [7, 11) is 0. The molecule has 1 aromatic rings. The second-order valence-electron chi connectivity index (χ2n) is 3.59. The van der Waals surface area contributed by atoms with E-state index in [4.69, 9.17) is 5.73 Å². The zero-order valence-electron chi connectivity index (χ0n) is 9.61. The largest absolute Gasteiger partial charge is 0.385 e. The summed E-state index contributed by atoms with van der Waals surface area (Å²) >= 11 is 5.59. The first-order valence-corrected chi connectivity index (χ1v) is 6.66. The predicted octanol–water partition coefficient (Wildman–Crippen LogP) is 0.925. The van der Waals surface area contributed by atoms with Gasteiger partial charge in [-0.05, 0) is 0 Å². The molecule has 2 amide bonds. The van der Waals surface area contributed by atoms with Gasteiger partial charge >= 0.3 is 6.03 Å². The summed E-state index contributed by atoms with van der Waals surface area (Å²) in [4.78, 5) is 19.8. The number of nitrogen functional groups attached to an aromatic ring is 1. The number of thiol groups is 1. The van der Waals surface area contributed by atoms with Crippen molar-refractivity contribution in [2.45, 2.75) is 11.7 Å². The summed E-state index contributed by atoms with van der Waals surface area (Å²) < 4.78 is 3.05. The molecule has 1 aromatic heterocycles. The predicted molar refractivity (Wildman–Crippen MR) is 74.2 cm³/mol. The van der Waals surface area contributed by atoms with E-state index < -0.39 is 6.03 Å². The number of urea groups is 1. The molecule has 2 N–H and O–H groups in total. The number of fused-ring (bicyclic) bond motifs is 1. The van der Waals surface area contributed by atoms with Gasteiger partial charge in [0.15, 0.2) is 10.6 Å². The molecule has 2 heterocycles. The molecule has 0 aromatic carbocycles. The molecule has 0 atom stereocenters. The maximum atomic E-state index is 11.7. The van der Waals surface area contributed by atoms with Crippen LogP contribution in [0.5, 0.6) is 0 Å².